The Labute approximate surface area is 78.0 Å². The highest BCUT2D eigenvalue weighted by Gasteiger charge is 2.08. The van der Waals surface area contributed by atoms with E-state index in [1.54, 1.807) is 16.8 Å². The third-order valence-corrected chi connectivity index (χ3v) is 3.57. The van der Waals surface area contributed by atoms with Crippen molar-refractivity contribution in [2.24, 2.45) is 0 Å². The molecule has 1 rings (SSSR count). The number of nitrogens with zero attached hydrogens (tertiary/aromatic N) is 3. The van der Waals surface area contributed by atoms with Crippen LogP contribution in [0.15, 0.2) is 5.51 Å². The van der Waals surface area contributed by atoms with Crippen molar-refractivity contribution < 1.29 is 0 Å². The summed E-state index contributed by atoms with van der Waals surface area (Å²) in [4.78, 5) is 0. The smallest absolute Gasteiger partial charge is 0.216 e. The monoisotopic (exact) mass is 269 g/mol. The maximum Gasteiger partial charge on any atom is 0.216 e. The molecule has 3 nitrogen and oxygen atoms in total. The van der Waals surface area contributed by atoms with E-state index >= 15 is 0 Å². The first kappa shape index (κ1) is 8.19. The van der Waals surface area contributed by atoms with E-state index in [0.29, 0.717) is 6.04 Å². The molecular formula is C5H8IN3S. The molecule has 0 saturated carbocycles. The second kappa shape index (κ2) is 3.47. The van der Waals surface area contributed by atoms with E-state index in [1.165, 1.54) is 0 Å². The molecule has 0 fully saturated rings. The first-order valence-electron chi connectivity index (χ1n) is 2.93. The number of rotatable bonds is 2. The summed E-state index contributed by atoms with van der Waals surface area (Å²) in [5.74, 6) is 0. The fraction of sp³-hybridized carbons (Fsp3) is 0.600. The van der Waals surface area contributed by atoms with E-state index < -0.39 is 0 Å². The summed E-state index contributed by atoms with van der Waals surface area (Å²) < 4.78 is 2.06. The Balaban J connectivity index is 2.68. The lowest BCUT2D eigenvalue weighted by Gasteiger charge is -2.15. The molecule has 0 aliphatic rings. The van der Waals surface area contributed by atoms with Gasteiger partial charge < -0.3 is 0 Å². The summed E-state index contributed by atoms with van der Waals surface area (Å²) in [6.45, 7) is 4.24. The van der Waals surface area contributed by atoms with Gasteiger partial charge in [-0.15, -0.1) is 10.2 Å². The molecule has 0 N–H and O–H groups in total. The predicted octanol–water partition coefficient (Wildman–Crippen LogP) is 2.10. The summed E-state index contributed by atoms with van der Waals surface area (Å²) in [5.41, 5.74) is 1.74. The van der Waals surface area contributed by atoms with Crippen molar-refractivity contribution in [1.82, 2.24) is 10.2 Å². The van der Waals surface area contributed by atoms with Crippen molar-refractivity contribution >= 4 is 39.3 Å². The van der Waals surface area contributed by atoms with Crippen LogP contribution in [0.4, 0.5) is 5.13 Å². The Morgan fingerprint density at radius 1 is 1.70 bits per heavy atom. The molecule has 0 aromatic carbocycles. The molecule has 0 aliphatic heterocycles. The van der Waals surface area contributed by atoms with Crippen LogP contribution in [0.25, 0.3) is 0 Å². The molecule has 0 bridgehead atoms. The van der Waals surface area contributed by atoms with Crippen LogP contribution in [-0.2, 0) is 0 Å². The van der Waals surface area contributed by atoms with Gasteiger partial charge in [0.2, 0.25) is 5.13 Å². The summed E-state index contributed by atoms with van der Waals surface area (Å²) in [6.07, 6.45) is 0. The van der Waals surface area contributed by atoms with Crippen molar-refractivity contribution in [3.63, 3.8) is 0 Å². The van der Waals surface area contributed by atoms with Gasteiger partial charge in [0.15, 0.2) is 0 Å². The van der Waals surface area contributed by atoms with Crippen LogP contribution in [0.2, 0.25) is 0 Å². The van der Waals surface area contributed by atoms with Crippen LogP contribution in [-0.4, -0.2) is 16.2 Å². The fourth-order valence-electron chi connectivity index (χ4n) is 0.481. The molecule has 0 atom stereocenters. The van der Waals surface area contributed by atoms with Gasteiger partial charge in [0.05, 0.1) is 22.9 Å². The molecule has 0 radical (unpaired) electrons. The van der Waals surface area contributed by atoms with Gasteiger partial charge >= 0.3 is 0 Å². The minimum Gasteiger partial charge on any atom is -0.287 e. The Bertz CT molecular complexity index is 187. The average Bonchev–Trinajstić information content (AvgIpc) is 2.36. The molecule has 10 heavy (non-hydrogen) atoms. The zero-order valence-corrected chi connectivity index (χ0v) is 8.76. The Morgan fingerprint density at radius 3 is 2.80 bits per heavy atom. The second-order valence-corrected chi connectivity index (χ2v) is 3.98. The molecule has 0 amide bonds. The second-order valence-electron chi connectivity index (χ2n) is 2.13. The summed E-state index contributed by atoms with van der Waals surface area (Å²) >= 11 is 3.79. The van der Waals surface area contributed by atoms with Gasteiger partial charge in [0.25, 0.3) is 0 Å². The van der Waals surface area contributed by atoms with Crippen LogP contribution >= 0.6 is 34.2 Å². The first-order chi connectivity index (χ1) is 4.72. The zero-order chi connectivity index (χ0) is 7.56. The van der Waals surface area contributed by atoms with Gasteiger partial charge in [-0.3, -0.25) is 3.11 Å². The Morgan fingerprint density at radius 2 is 2.40 bits per heavy atom. The zero-order valence-electron chi connectivity index (χ0n) is 5.78. The van der Waals surface area contributed by atoms with Crippen molar-refractivity contribution in [2.45, 2.75) is 19.9 Å². The number of hydrogen-bond donors (Lipinski definition) is 0. The van der Waals surface area contributed by atoms with Gasteiger partial charge in [-0.25, -0.2) is 0 Å². The van der Waals surface area contributed by atoms with Gasteiger partial charge in [-0.05, 0) is 13.8 Å². The van der Waals surface area contributed by atoms with Gasteiger partial charge in [-0.1, -0.05) is 11.3 Å². The van der Waals surface area contributed by atoms with Crippen LogP contribution in [0.1, 0.15) is 13.8 Å². The van der Waals surface area contributed by atoms with Crippen molar-refractivity contribution in [3.8, 4) is 0 Å². The third kappa shape index (κ3) is 1.79. The van der Waals surface area contributed by atoms with Gasteiger partial charge in [0.1, 0.15) is 5.51 Å². The highest BCUT2D eigenvalue weighted by atomic mass is 127. The van der Waals surface area contributed by atoms with Gasteiger partial charge in [0, 0.05) is 6.04 Å². The van der Waals surface area contributed by atoms with E-state index in [9.17, 15) is 0 Å². The lowest BCUT2D eigenvalue weighted by Crippen LogP contribution is -2.18. The van der Waals surface area contributed by atoms with Crippen LogP contribution in [0.3, 0.4) is 0 Å². The topological polar surface area (TPSA) is 29.0 Å². The summed E-state index contributed by atoms with van der Waals surface area (Å²) in [7, 11) is 0. The molecular weight excluding hydrogens is 261 g/mol. The van der Waals surface area contributed by atoms with E-state index in [1.807, 2.05) is 0 Å². The Hall–Kier alpha value is 0.0900. The molecule has 0 saturated heterocycles. The standard InChI is InChI=1S/C5H8IN3S/c1-4(2)9(6)5-8-7-3-10-5/h3-4H,1-2H3. The lowest BCUT2D eigenvalue weighted by atomic mass is 10.4. The average molecular weight is 269 g/mol. The molecule has 0 unspecified atom stereocenters. The van der Waals surface area contributed by atoms with Gasteiger partial charge in [-0.2, -0.15) is 0 Å². The number of aromatic nitrogens is 2. The molecule has 1 aromatic heterocycles. The van der Waals surface area contributed by atoms with Crippen LogP contribution in [0, 0.1) is 0 Å². The number of anilines is 1. The molecule has 5 heteroatoms. The third-order valence-electron chi connectivity index (χ3n) is 0.985. The summed E-state index contributed by atoms with van der Waals surface area (Å²) in [5, 5.41) is 8.64. The maximum absolute atomic E-state index is 3.92. The SMILES string of the molecule is CC(C)N(I)c1nncs1. The highest BCUT2D eigenvalue weighted by Crippen LogP contribution is 2.21. The van der Waals surface area contributed by atoms with E-state index in [4.69, 9.17) is 0 Å². The molecule has 0 aliphatic carbocycles. The fourth-order valence-corrected chi connectivity index (χ4v) is 1.51. The molecule has 56 valence electrons. The van der Waals surface area contributed by atoms with Crippen molar-refractivity contribution in [3.05, 3.63) is 5.51 Å². The minimum atomic E-state index is 0.480. The predicted molar refractivity (Wildman–Crippen MR) is 51.5 cm³/mol. The van der Waals surface area contributed by atoms with Crippen LogP contribution in [0.5, 0.6) is 0 Å². The molecule has 1 aromatic rings. The van der Waals surface area contributed by atoms with Crippen molar-refractivity contribution in [2.75, 3.05) is 3.11 Å². The van der Waals surface area contributed by atoms with E-state index in [-0.39, 0.29) is 0 Å². The normalized spacial score (nSPS) is 10.4. The molecule has 1 heterocycles. The maximum atomic E-state index is 3.92. The highest BCUT2D eigenvalue weighted by molar-refractivity contribution is 14.1. The Kier molecular flexibility index (Phi) is 2.84. The van der Waals surface area contributed by atoms with Crippen LogP contribution < -0.4 is 3.11 Å². The first-order valence-corrected chi connectivity index (χ1v) is 4.77. The quantitative estimate of drug-likeness (QED) is 0.608. The van der Waals surface area contributed by atoms with E-state index in [0.717, 1.165) is 5.13 Å². The number of hydrogen-bond acceptors (Lipinski definition) is 4. The lowest BCUT2D eigenvalue weighted by molar-refractivity contribution is 0.843. The largest absolute Gasteiger partial charge is 0.287 e. The summed E-state index contributed by atoms with van der Waals surface area (Å²) in [6, 6.07) is 0.480. The number of halogens is 1. The van der Waals surface area contributed by atoms with Crippen molar-refractivity contribution in [1.29, 1.82) is 0 Å². The van der Waals surface area contributed by atoms with E-state index in [2.05, 4.69) is 50.0 Å². The minimum absolute atomic E-state index is 0.480. The molecule has 0 spiro atoms.